The first-order chi connectivity index (χ1) is 4.38. The molecule has 0 saturated carbocycles. The van der Waals surface area contributed by atoms with Crippen LogP contribution in [-0.4, -0.2) is 9.97 Å². The Bertz CT molecular complexity index is 254. The van der Waals surface area contributed by atoms with Crippen molar-refractivity contribution < 1.29 is 0 Å². The minimum absolute atomic E-state index is 0.157. The number of nitrogens with one attached hydrogen (secondary N) is 2. The molecule has 1 aromatic rings. The predicted octanol–water partition coefficient (Wildman–Crippen LogP) is 0.944. The minimum Gasteiger partial charge on any atom is -0.327 e. The van der Waals surface area contributed by atoms with Gasteiger partial charge in [-0.15, -0.1) is 5.11 Å². The fourth-order valence-electron chi connectivity index (χ4n) is 0.455. The normalized spacial score (nSPS) is 8.33. The molecule has 0 radical (unpaired) electrons. The van der Waals surface area contributed by atoms with Gasteiger partial charge in [0.15, 0.2) is 11.5 Å². The van der Waals surface area contributed by atoms with Crippen molar-refractivity contribution >= 4 is 5.82 Å². The molecular formula is C4H3N5. The van der Waals surface area contributed by atoms with Gasteiger partial charge in [0.2, 0.25) is 0 Å². The second-order valence-electron chi connectivity index (χ2n) is 1.32. The van der Waals surface area contributed by atoms with Gasteiger partial charge in [-0.05, 0) is 0 Å². The van der Waals surface area contributed by atoms with Crippen LogP contribution in [0.1, 0.15) is 5.69 Å². The number of imidazole rings is 1. The Morgan fingerprint density at radius 3 is 3.11 bits per heavy atom. The quantitative estimate of drug-likeness (QED) is 0.541. The van der Waals surface area contributed by atoms with E-state index in [1.54, 1.807) is 6.07 Å². The van der Waals surface area contributed by atoms with Gasteiger partial charge in [0.25, 0.3) is 0 Å². The lowest BCUT2D eigenvalue weighted by Gasteiger charge is -1.77. The van der Waals surface area contributed by atoms with Gasteiger partial charge in [-0.3, -0.25) is 0 Å². The van der Waals surface area contributed by atoms with Crippen LogP contribution in [-0.2, 0) is 0 Å². The van der Waals surface area contributed by atoms with Crippen molar-refractivity contribution in [3.05, 3.63) is 12.0 Å². The highest BCUT2D eigenvalue weighted by Crippen LogP contribution is 2.09. The summed E-state index contributed by atoms with van der Waals surface area (Å²) in [7, 11) is 0. The summed E-state index contributed by atoms with van der Waals surface area (Å²) in [6, 6.07) is 1.77. The number of nitriles is 1. The first-order valence-corrected chi connectivity index (χ1v) is 2.19. The maximum atomic E-state index is 8.26. The molecule has 0 amide bonds. The number of hydrogen-bond donors (Lipinski definition) is 2. The van der Waals surface area contributed by atoms with Crippen LogP contribution in [0.15, 0.2) is 11.4 Å². The molecule has 1 heterocycles. The third-order valence-electron chi connectivity index (χ3n) is 0.837. The average Bonchev–Trinajstić information content (AvgIpc) is 2.33. The molecule has 0 aliphatic carbocycles. The number of aromatic amines is 1. The van der Waals surface area contributed by atoms with Crippen molar-refractivity contribution in [1.29, 1.82) is 10.8 Å². The largest absolute Gasteiger partial charge is 0.327 e. The first-order valence-electron chi connectivity index (χ1n) is 2.19. The third kappa shape index (κ3) is 0.770. The number of nitrogens with zero attached hydrogens (tertiary/aromatic N) is 3. The van der Waals surface area contributed by atoms with Gasteiger partial charge in [0.05, 0.1) is 6.33 Å². The third-order valence-corrected chi connectivity index (χ3v) is 0.837. The summed E-state index contributed by atoms with van der Waals surface area (Å²) >= 11 is 0. The van der Waals surface area contributed by atoms with Crippen LogP contribution in [0, 0.1) is 16.9 Å². The topological polar surface area (TPSA) is 88.7 Å². The van der Waals surface area contributed by atoms with Crippen molar-refractivity contribution in [2.75, 3.05) is 0 Å². The molecule has 1 rings (SSSR count). The monoisotopic (exact) mass is 121 g/mol. The summed E-state index contributed by atoms with van der Waals surface area (Å²) in [6.07, 6.45) is 1.33. The Morgan fingerprint density at radius 2 is 2.67 bits per heavy atom. The number of hydrogen-bond acceptors (Lipinski definition) is 4. The zero-order valence-corrected chi connectivity index (χ0v) is 4.42. The Balaban J connectivity index is 3.17. The molecule has 44 valence electrons. The highest BCUT2D eigenvalue weighted by atomic mass is 15.1. The highest BCUT2D eigenvalue weighted by molar-refractivity contribution is 5.40. The van der Waals surface area contributed by atoms with Crippen molar-refractivity contribution in [3.63, 3.8) is 0 Å². The Hall–Kier alpha value is -1.70. The Morgan fingerprint density at radius 1 is 1.89 bits per heavy atom. The molecule has 5 nitrogen and oxygen atoms in total. The predicted molar refractivity (Wildman–Crippen MR) is 28.1 cm³/mol. The fraction of sp³-hybridized carbons (Fsp3) is 0. The van der Waals surface area contributed by atoms with Gasteiger partial charge in [-0.1, -0.05) is 0 Å². The van der Waals surface area contributed by atoms with Crippen molar-refractivity contribution in [3.8, 4) is 6.07 Å². The van der Waals surface area contributed by atoms with Crippen LogP contribution in [0.4, 0.5) is 5.82 Å². The molecule has 0 aliphatic heterocycles. The summed E-state index contributed by atoms with van der Waals surface area (Å²) in [4.78, 5) is 6.09. The van der Waals surface area contributed by atoms with Gasteiger partial charge in [0, 0.05) is 0 Å². The summed E-state index contributed by atoms with van der Waals surface area (Å²) in [5.41, 5.74) is 6.66. The number of aromatic nitrogens is 2. The smallest absolute Gasteiger partial charge is 0.189 e. The molecular weight excluding hydrogens is 118 g/mol. The van der Waals surface area contributed by atoms with E-state index in [1.807, 2.05) is 0 Å². The maximum Gasteiger partial charge on any atom is 0.189 e. The lowest BCUT2D eigenvalue weighted by atomic mass is 10.5. The van der Waals surface area contributed by atoms with Gasteiger partial charge >= 0.3 is 0 Å². The van der Waals surface area contributed by atoms with Crippen molar-refractivity contribution in [2.24, 2.45) is 5.11 Å². The van der Waals surface area contributed by atoms with Gasteiger partial charge in [-0.25, -0.2) is 10.5 Å². The van der Waals surface area contributed by atoms with Crippen molar-refractivity contribution in [1.82, 2.24) is 9.97 Å². The van der Waals surface area contributed by atoms with Crippen LogP contribution >= 0.6 is 0 Å². The molecule has 0 saturated heterocycles. The standard InChI is InChI=1S/C4H3N5/c5-1-3-4(9-6)8-2-7-3/h2,6H,(H,7,8). The van der Waals surface area contributed by atoms with E-state index < -0.39 is 0 Å². The molecule has 0 aliphatic rings. The van der Waals surface area contributed by atoms with E-state index in [0.29, 0.717) is 0 Å². The Kier molecular flexibility index (Phi) is 1.24. The summed E-state index contributed by atoms with van der Waals surface area (Å²) < 4.78 is 0. The second-order valence-corrected chi connectivity index (χ2v) is 1.32. The van der Waals surface area contributed by atoms with E-state index in [1.165, 1.54) is 6.33 Å². The minimum atomic E-state index is 0.157. The van der Waals surface area contributed by atoms with Crippen LogP contribution in [0.3, 0.4) is 0 Å². The van der Waals surface area contributed by atoms with E-state index in [0.717, 1.165) is 0 Å². The van der Waals surface area contributed by atoms with Crippen LogP contribution < -0.4 is 0 Å². The average molecular weight is 121 g/mol. The molecule has 0 spiro atoms. The van der Waals surface area contributed by atoms with Gasteiger partial charge in [0.1, 0.15) is 6.07 Å². The fourth-order valence-corrected chi connectivity index (χ4v) is 0.455. The van der Waals surface area contributed by atoms with Crippen LogP contribution in [0.2, 0.25) is 0 Å². The summed E-state index contributed by atoms with van der Waals surface area (Å²) in [5, 5.41) is 11.3. The molecule has 0 fully saturated rings. The van der Waals surface area contributed by atoms with E-state index in [-0.39, 0.29) is 11.5 Å². The molecule has 0 atom stereocenters. The number of H-pyrrole nitrogens is 1. The molecule has 9 heavy (non-hydrogen) atoms. The van der Waals surface area contributed by atoms with Crippen molar-refractivity contribution in [2.45, 2.75) is 0 Å². The lowest BCUT2D eigenvalue weighted by Crippen LogP contribution is -1.69. The first kappa shape index (κ1) is 5.44. The Labute approximate surface area is 50.9 Å². The van der Waals surface area contributed by atoms with Gasteiger partial charge in [-0.2, -0.15) is 5.26 Å². The van der Waals surface area contributed by atoms with E-state index >= 15 is 0 Å². The second kappa shape index (κ2) is 2.05. The lowest BCUT2D eigenvalue weighted by molar-refractivity contribution is 1.10. The van der Waals surface area contributed by atoms with E-state index in [9.17, 15) is 0 Å². The van der Waals surface area contributed by atoms with E-state index in [4.69, 9.17) is 10.8 Å². The van der Waals surface area contributed by atoms with Gasteiger partial charge < -0.3 is 4.98 Å². The maximum absolute atomic E-state index is 8.26. The van der Waals surface area contributed by atoms with Crippen LogP contribution in [0.5, 0.6) is 0 Å². The summed E-state index contributed by atoms with van der Waals surface area (Å²) in [5.74, 6) is 0.206. The van der Waals surface area contributed by atoms with E-state index in [2.05, 4.69) is 15.1 Å². The molecule has 0 unspecified atom stereocenters. The number of rotatable bonds is 1. The summed E-state index contributed by atoms with van der Waals surface area (Å²) in [6.45, 7) is 0. The molecule has 1 aromatic heterocycles. The molecule has 0 aromatic carbocycles. The molecule has 2 N–H and O–H groups in total. The zero-order valence-electron chi connectivity index (χ0n) is 4.42. The highest BCUT2D eigenvalue weighted by Gasteiger charge is 1.99. The molecule has 0 bridgehead atoms. The zero-order chi connectivity index (χ0) is 6.69. The van der Waals surface area contributed by atoms with Crippen LogP contribution in [0.25, 0.3) is 0 Å². The SMILES string of the molecule is N#Cc1nc[nH]c1N=N. The molecule has 5 heteroatoms.